The molecule has 1 fully saturated rings. The van der Waals surface area contributed by atoms with E-state index in [1.807, 2.05) is 0 Å². The second-order valence-corrected chi connectivity index (χ2v) is 17.7. The second kappa shape index (κ2) is 41.2. The maximum absolute atomic E-state index is 12.9. The predicted molar refractivity (Wildman–Crippen MR) is 253 cm³/mol. The van der Waals surface area contributed by atoms with Crippen LogP contribution in [0.1, 0.15) is 187 Å². The number of esters is 1. The fourth-order valence-electron chi connectivity index (χ4n) is 7.23. The van der Waals surface area contributed by atoms with Crippen LogP contribution in [-0.2, 0) is 38.3 Å². The zero-order valence-electron chi connectivity index (χ0n) is 39.1. The molecule has 0 bridgehead atoms. The van der Waals surface area contributed by atoms with Crippen molar-refractivity contribution in [2.75, 3.05) is 26.4 Å². The quantitative estimate of drug-likeness (QED) is 0.0197. The van der Waals surface area contributed by atoms with Crippen molar-refractivity contribution in [3.8, 4) is 0 Å². The Morgan fingerprint density at radius 2 is 1.10 bits per heavy atom. The van der Waals surface area contributed by atoms with E-state index in [4.69, 9.17) is 18.9 Å². The van der Waals surface area contributed by atoms with Gasteiger partial charge in [0.25, 0.3) is 0 Å². The van der Waals surface area contributed by atoms with Gasteiger partial charge >= 0.3 is 16.4 Å². The van der Waals surface area contributed by atoms with Crippen LogP contribution in [0.25, 0.3) is 0 Å². The Morgan fingerprint density at radius 1 is 0.619 bits per heavy atom. The first-order valence-corrected chi connectivity index (χ1v) is 25.9. The number of ether oxygens (including phenoxy) is 4. The molecule has 0 saturated carbocycles. The van der Waals surface area contributed by atoms with Gasteiger partial charge in [-0.2, -0.15) is 8.42 Å². The first-order chi connectivity index (χ1) is 30.6. The van der Waals surface area contributed by atoms with Gasteiger partial charge in [-0.05, 0) is 57.8 Å². The topological polar surface area (TPSA) is 178 Å². The van der Waals surface area contributed by atoms with Crippen LogP contribution < -0.4 is 0 Å². The van der Waals surface area contributed by atoms with Gasteiger partial charge in [-0.25, -0.2) is 4.18 Å². The molecule has 0 aliphatic carbocycles. The third kappa shape index (κ3) is 34.8. The van der Waals surface area contributed by atoms with E-state index in [0.717, 1.165) is 83.5 Å². The molecule has 1 aliphatic heterocycles. The molecular formula is C50H88O12S. The fraction of sp³-hybridized carbons (Fsp3) is 0.780. The van der Waals surface area contributed by atoms with E-state index in [2.05, 4.69) is 78.8 Å². The highest BCUT2D eigenvalue weighted by atomic mass is 32.3. The lowest BCUT2D eigenvalue weighted by Crippen LogP contribution is -2.60. The molecule has 366 valence electrons. The van der Waals surface area contributed by atoms with Crippen LogP contribution in [-0.4, -0.2) is 97.5 Å². The van der Waals surface area contributed by atoms with E-state index in [-0.39, 0.29) is 19.6 Å². The van der Waals surface area contributed by atoms with Crippen LogP contribution in [0.5, 0.6) is 0 Å². The van der Waals surface area contributed by atoms with Crippen molar-refractivity contribution in [1.82, 2.24) is 0 Å². The van der Waals surface area contributed by atoms with Crippen LogP contribution in [0.2, 0.25) is 0 Å². The lowest BCUT2D eigenvalue weighted by molar-refractivity contribution is -0.301. The summed E-state index contributed by atoms with van der Waals surface area (Å²) < 4.78 is 59.2. The normalized spacial score (nSPS) is 20.4. The van der Waals surface area contributed by atoms with E-state index in [1.165, 1.54) is 77.0 Å². The number of aliphatic hydroxyl groups excluding tert-OH is 3. The zero-order valence-corrected chi connectivity index (χ0v) is 39.9. The summed E-state index contributed by atoms with van der Waals surface area (Å²) in [6.07, 6.45) is 42.4. The van der Waals surface area contributed by atoms with Gasteiger partial charge in [0.15, 0.2) is 6.29 Å². The van der Waals surface area contributed by atoms with Crippen molar-refractivity contribution < 1.29 is 56.2 Å². The van der Waals surface area contributed by atoms with Crippen molar-refractivity contribution in [1.29, 1.82) is 0 Å². The van der Waals surface area contributed by atoms with Crippen LogP contribution in [0, 0.1) is 0 Å². The van der Waals surface area contributed by atoms with Gasteiger partial charge in [0.05, 0.1) is 19.8 Å². The zero-order chi connectivity index (χ0) is 46.1. The van der Waals surface area contributed by atoms with Gasteiger partial charge < -0.3 is 34.3 Å². The summed E-state index contributed by atoms with van der Waals surface area (Å²) in [6.45, 7) is 3.86. The first kappa shape index (κ1) is 58.8. The van der Waals surface area contributed by atoms with Gasteiger partial charge in [0.2, 0.25) is 0 Å². The van der Waals surface area contributed by atoms with Gasteiger partial charge in [-0.3, -0.25) is 9.35 Å². The summed E-state index contributed by atoms with van der Waals surface area (Å²) in [5.41, 5.74) is 0. The molecule has 63 heavy (non-hydrogen) atoms. The highest BCUT2D eigenvalue weighted by molar-refractivity contribution is 7.80. The van der Waals surface area contributed by atoms with Crippen molar-refractivity contribution in [3.05, 3.63) is 60.8 Å². The Balaban J connectivity index is 2.40. The summed E-state index contributed by atoms with van der Waals surface area (Å²) in [6, 6.07) is 0. The molecule has 0 aromatic rings. The van der Waals surface area contributed by atoms with Crippen molar-refractivity contribution in [2.45, 2.75) is 224 Å². The highest BCUT2D eigenvalue weighted by Crippen LogP contribution is 2.26. The monoisotopic (exact) mass is 913 g/mol. The molecule has 6 unspecified atom stereocenters. The molecule has 0 radical (unpaired) electrons. The van der Waals surface area contributed by atoms with Crippen LogP contribution in [0.4, 0.5) is 0 Å². The third-order valence-electron chi connectivity index (χ3n) is 10.9. The van der Waals surface area contributed by atoms with E-state index < -0.39 is 59.8 Å². The van der Waals surface area contributed by atoms with E-state index in [9.17, 15) is 33.1 Å². The average molecular weight is 913 g/mol. The van der Waals surface area contributed by atoms with Crippen molar-refractivity contribution in [2.24, 2.45) is 0 Å². The lowest BCUT2D eigenvalue weighted by Gasteiger charge is -2.41. The fourth-order valence-corrected chi connectivity index (χ4v) is 7.74. The number of carbonyl (C=O) groups excluding carboxylic acids is 1. The van der Waals surface area contributed by atoms with Crippen LogP contribution in [0.15, 0.2) is 60.8 Å². The molecule has 4 N–H and O–H groups in total. The van der Waals surface area contributed by atoms with Gasteiger partial charge in [-0.1, -0.05) is 184 Å². The molecule has 1 heterocycles. The van der Waals surface area contributed by atoms with E-state index >= 15 is 0 Å². The minimum absolute atomic E-state index is 0.0277. The van der Waals surface area contributed by atoms with Crippen LogP contribution >= 0.6 is 0 Å². The Labute approximate surface area is 382 Å². The van der Waals surface area contributed by atoms with E-state index in [0.29, 0.717) is 13.0 Å². The predicted octanol–water partition coefficient (Wildman–Crippen LogP) is 10.9. The summed E-state index contributed by atoms with van der Waals surface area (Å²) >= 11 is 0. The summed E-state index contributed by atoms with van der Waals surface area (Å²) in [5, 5.41) is 30.7. The maximum atomic E-state index is 12.9. The summed E-state index contributed by atoms with van der Waals surface area (Å²) in [5.74, 6) is -0.417. The lowest BCUT2D eigenvalue weighted by atomic mass is 9.99. The Kier molecular flexibility index (Phi) is 38.5. The summed E-state index contributed by atoms with van der Waals surface area (Å²) in [4.78, 5) is 12.9. The number of aliphatic hydroxyl groups is 3. The van der Waals surface area contributed by atoms with Gasteiger partial charge in [-0.15, -0.1) is 0 Å². The molecule has 1 saturated heterocycles. The molecule has 12 nitrogen and oxygen atoms in total. The molecule has 0 aromatic heterocycles. The minimum Gasteiger partial charge on any atom is -0.457 e. The minimum atomic E-state index is -5.07. The van der Waals surface area contributed by atoms with Crippen molar-refractivity contribution >= 4 is 16.4 Å². The molecule has 1 aliphatic rings. The number of allylic oxidation sites excluding steroid dienone is 10. The highest BCUT2D eigenvalue weighted by Gasteiger charge is 2.48. The molecule has 6 atom stereocenters. The smallest absolute Gasteiger partial charge is 0.397 e. The van der Waals surface area contributed by atoms with E-state index in [1.54, 1.807) is 0 Å². The van der Waals surface area contributed by atoms with Crippen molar-refractivity contribution in [3.63, 3.8) is 0 Å². The Bertz CT molecular complexity index is 1330. The molecule has 1 rings (SSSR count). The number of unbranched alkanes of at least 4 members (excludes halogenated alkanes) is 19. The standard InChI is InChI=1S/C50H88O12S/c1-3-5-7-9-11-13-15-17-19-20-21-22-23-24-25-27-29-31-33-35-37-39-46(52)60-44(43-59-50-48(54)49(62-63(55,56)57)47(53)45(41-51)61-50)42-58-40-38-36-34-32-30-28-26-18-16-14-12-10-8-6-4-2/h5,7,11,13,17,19,21-22,24-25,44-45,47-51,53-54H,3-4,6,8-10,12,14-16,18,20,23,26-43H2,1-2H3,(H,55,56,57)/b7-5-,13-11-,19-17-,22-21-,25-24-. The molecule has 0 spiro atoms. The number of hydrogen-bond acceptors (Lipinski definition) is 11. The SMILES string of the molecule is CC/C=C\C/C=C\C/C=C\C/C=C\C/C=C\CCCCCCCC(=O)OC(COCCCCCCCCCCCCCCCCC)COC1OC(CO)C(O)C(OS(=O)(=O)O)C1O. The number of hydrogen-bond donors (Lipinski definition) is 4. The number of carbonyl (C=O) groups is 1. The summed E-state index contributed by atoms with van der Waals surface area (Å²) in [7, 11) is -5.07. The molecule has 13 heteroatoms. The first-order valence-electron chi connectivity index (χ1n) is 24.5. The van der Waals surface area contributed by atoms with Gasteiger partial charge in [0, 0.05) is 13.0 Å². The average Bonchev–Trinajstić information content (AvgIpc) is 3.26. The molecular weight excluding hydrogens is 825 g/mol. The second-order valence-electron chi connectivity index (χ2n) is 16.7. The number of rotatable bonds is 42. The maximum Gasteiger partial charge on any atom is 0.397 e. The largest absolute Gasteiger partial charge is 0.457 e. The third-order valence-corrected chi connectivity index (χ3v) is 11.4. The molecule has 0 aromatic carbocycles. The molecule has 0 amide bonds. The Morgan fingerprint density at radius 3 is 1.60 bits per heavy atom. The van der Waals surface area contributed by atoms with Crippen LogP contribution in [0.3, 0.4) is 0 Å². The Hall–Kier alpha value is -2.20. The van der Waals surface area contributed by atoms with Gasteiger partial charge in [0.1, 0.15) is 30.5 Å².